The zero-order chi connectivity index (χ0) is 13.2. The molecule has 0 fully saturated rings. The number of imidazole rings is 1. The Morgan fingerprint density at radius 2 is 2.26 bits per heavy atom. The summed E-state index contributed by atoms with van der Waals surface area (Å²) in [4.78, 5) is 30.1. The van der Waals surface area contributed by atoms with Crippen LogP contribution >= 0.6 is 0 Å². The molecule has 0 saturated carbocycles. The van der Waals surface area contributed by atoms with Gasteiger partial charge in [0.25, 0.3) is 5.91 Å². The molecule has 0 aliphatic carbocycles. The molecule has 3 rings (SSSR count). The molecule has 19 heavy (non-hydrogen) atoms. The molecule has 3 aromatic rings. The van der Waals surface area contributed by atoms with Gasteiger partial charge in [0, 0.05) is 18.3 Å². The number of hydrogen-bond acceptors (Lipinski definition) is 4. The number of fused-ring (bicyclic) bond motifs is 1. The lowest BCUT2D eigenvalue weighted by Crippen LogP contribution is -2.22. The van der Waals surface area contributed by atoms with Crippen molar-refractivity contribution in [1.82, 2.24) is 30.2 Å². The Kier molecular flexibility index (Phi) is 2.71. The fourth-order valence-electron chi connectivity index (χ4n) is 1.79. The van der Waals surface area contributed by atoms with Crippen LogP contribution in [0.25, 0.3) is 22.6 Å². The summed E-state index contributed by atoms with van der Waals surface area (Å²) in [6, 6.07) is 1.72. The average molecular weight is 256 g/mol. The van der Waals surface area contributed by atoms with Crippen LogP contribution in [0.5, 0.6) is 0 Å². The highest BCUT2D eigenvalue weighted by Crippen LogP contribution is 2.17. The van der Waals surface area contributed by atoms with E-state index in [0.29, 0.717) is 29.2 Å². The monoisotopic (exact) mass is 256 g/mol. The maximum atomic E-state index is 11.7. The zero-order valence-electron chi connectivity index (χ0n) is 10.3. The van der Waals surface area contributed by atoms with E-state index in [1.807, 2.05) is 6.92 Å². The van der Waals surface area contributed by atoms with E-state index in [1.54, 1.807) is 24.8 Å². The summed E-state index contributed by atoms with van der Waals surface area (Å²) in [6.45, 7) is 2.46. The largest absolute Gasteiger partial charge is 0.356 e. The smallest absolute Gasteiger partial charge is 0.267 e. The first-order valence-electron chi connectivity index (χ1n) is 5.91. The van der Waals surface area contributed by atoms with E-state index in [0.717, 1.165) is 5.56 Å². The Balaban J connectivity index is 1.95. The summed E-state index contributed by atoms with van der Waals surface area (Å²) in [6.07, 6.45) is 4.93. The number of nitrogens with one attached hydrogen (secondary N) is 3. The van der Waals surface area contributed by atoms with E-state index < -0.39 is 0 Å². The number of nitrogens with zero attached hydrogens (tertiary/aromatic N) is 3. The van der Waals surface area contributed by atoms with Gasteiger partial charge in [-0.1, -0.05) is 0 Å². The predicted molar refractivity (Wildman–Crippen MR) is 69.5 cm³/mol. The molecule has 1 amide bonds. The lowest BCUT2D eigenvalue weighted by Gasteiger charge is -1.97. The highest BCUT2D eigenvalue weighted by molar-refractivity contribution is 5.93. The number of aromatic amines is 2. The van der Waals surface area contributed by atoms with E-state index in [1.165, 1.54) is 0 Å². The second kappa shape index (κ2) is 4.52. The van der Waals surface area contributed by atoms with Crippen molar-refractivity contribution in [3.05, 3.63) is 30.5 Å². The van der Waals surface area contributed by atoms with Crippen LogP contribution in [-0.4, -0.2) is 37.4 Å². The van der Waals surface area contributed by atoms with Crippen molar-refractivity contribution in [1.29, 1.82) is 0 Å². The number of amides is 1. The molecule has 0 saturated heterocycles. The van der Waals surface area contributed by atoms with Crippen LogP contribution < -0.4 is 5.32 Å². The maximum Gasteiger partial charge on any atom is 0.267 e. The molecule has 0 aromatic carbocycles. The minimum atomic E-state index is -0.142. The number of H-pyrrole nitrogens is 2. The predicted octanol–water partition coefficient (Wildman–Crippen LogP) is 1.10. The van der Waals surface area contributed by atoms with Crippen molar-refractivity contribution in [3.63, 3.8) is 0 Å². The molecule has 3 heterocycles. The molecule has 0 radical (unpaired) electrons. The van der Waals surface area contributed by atoms with E-state index in [9.17, 15) is 4.79 Å². The molecule has 0 aliphatic heterocycles. The second-order valence-corrected chi connectivity index (χ2v) is 3.99. The Bertz CT molecular complexity index is 728. The fraction of sp³-hybridized carbons (Fsp3) is 0.167. The summed E-state index contributed by atoms with van der Waals surface area (Å²) in [7, 11) is 0. The minimum Gasteiger partial charge on any atom is -0.356 e. The topological polar surface area (TPSA) is 99.3 Å². The van der Waals surface area contributed by atoms with Crippen LogP contribution in [0.4, 0.5) is 0 Å². The van der Waals surface area contributed by atoms with Crippen molar-refractivity contribution in [3.8, 4) is 11.4 Å². The highest BCUT2D eigenvalue weighted by Gasteiger charge is 2.11. The normalized spacial score (nSPS) is 10.8. The molecule has 0 atom stereocenters. The quantitative estimate of drug-likeness (QED) is 0.653. The van der Waals surface area contributed by atoms with Gasteiger partial charge in [0.2, 0.25) is 0 Å². The Labute approximate surface area is 108 Å². The molecule has 0 unspecified atom stereocenters. The highest BCUT2D eigenvalue weighted by atomic mass is 16.1. The Morgan fingerprint density at radius 3 is 3.11 bits per heavy atom. The van der Waals surface area contributed by atoms with Crippen LogP contribution in [-0.2, 0) is 0 Å². The van der Waals surface area contributed by atoms with Gasteiger partial charge in [0.15, 0.2) is 11.5 Å². The zero-order valence-corrected chi connectivity index (χ0v) is 10.3. The molecule has 0 bridgehead atoms. The van der Waals surface area contributed by atoms with Gasteiger partial charge in [-0.3, -0.25) is 4.79 Å². The van der Waals surface area contributed by atoms with E-state index in [2.05, 4.69) is 30.2 Å². The first-order chi connectivity index (χ1) is 9.28. The molecule has 0 aliphatic rings. The molecule has 0 spiro atoms. The van der Waals surface area contributed by atoms with Crippen molar-refractivity contribution >= 4 is 17.1 Å². The third-order valence-corrected chi connectivity index (χ3v) is 2.70. The van der Waals surface area contributed by atoms with Crippen molar-refractivity contribution in [2.45, 2.75) is 6.92 Å². The number of rotatable bonds is 3. The first kappa shape index (κ1) is 11.4. The van der Waals surface area contributed by atoms with Gasteiger partial charge in [-0.2, -0.15) is 0 Å². The number of carbonyl (C=O) groups is 1. The van der Waals surface area contributed by atoms with Gasteiger partial charge in [-0.05, 0) is 13.0 Å². The maximum absolute atomic E-state index is 11.7. The molecular weight excluding hydrogens is 244 g/mol. The number of aromatic nitrogens is 5. The number of hydrogen-bond donors (Lipinski definition) is 3. The van der Waals surface area contributed by atoms with Gasteiger partial charge < -0.3 is 15.3 Å². The van der Waals surface area contributed by atoms with Crippen LogP contribution in [0.3, 0.4) is 0 Å². The van der Waals surface area contributed by atoms with Crippen molar-refractivity contribution in [2.75, 3.05) is 6.54 Å². The van der Waals surface area contributed by atoms with Crippen LogP contribution in [0.1, 0.15) is 17.4 Å². The average Bonchev–Trinajstić information content (AvgIpc) is 3.07. The van der Waals surface area contributed by atoms with Crippen LogP contribution in [0, 0.1) is 0 Å². The Morgan fingerprint density at radius 1 is 1.37 bits per heavy atom. The third kappa shape index (κ3) is 2.05. The lowest BCUT2D eigenvalue weighted by atomic mass is 10.3. The molecule has 3 N–H and O–H groups in total. The van der Waals surface area contributed by atoms with Crippen LogP contribution in [0.2, 0.25) is 0 Å². The Hall–Kier alpha value is -2.70. The number of carbonyl (C=O) groups excluding carboxylic acids is 1. The minimum absolute atomic E-state index is 0.142. The lowest BCUT2D eigenvalue weighted by molar-refractivity contribution is 0.0951. The molecule has 96 valence electrons. The third-order valence-electron chi connectivity index (χ3n) is 2.70. The summed E-state index contributed by atoms with van der Waals surface area (Å²) < 4.78 is 0. The summed E-state index contributed by atoms with van der Waals surface area (Å²) >= 11 is 0. The van der Waals surface area contributed by atoms with Crippen molar-refractivity contribution < 1.29 is 4.79 Å². The van der Waals surface area contributed by atoms with E-state index >= 15 is 0 Å². The standard InChI is InChI=1S/C12H12N6O/c1-2-13-12(19)8-3-7(4-14-8)10-15-5-9-11(18-10)17-6-16-9/h3-6,14H,2H2,1H3,(H,13,19)(H,15,16,17,18). The van der Waals surface area contributed by atoms with Gasteiger partial charge in [-0.15, -0.1) is 0 Å². The van der Waals surface area contributed by atoms with Crippen LogP contribution in [0.15, 0.2) is 24.8 Å². The summed E-state index contributed by atoms with van der Waals surface area (Å²) in [5, 5.41) is 2.72. The first-order valence-corrected chi connectivity index (χ1v) is 5.91. The van der Waals surface area contributed by atoms with E-state index in [4.69, 9.17) is 0 Å². The van der Waals surface area contributed by atoms with E-state index in [-0.39, 0.29) is 5.91 Å². The van der Waals surface area contributed by atoms with Crippen molar-refractivity contribution in [2.24, 2.45) is 0 Å². The summed E-state index contributed by atoms with van der Waals surface area (Å²) in [5.74, 6) is 0.403. The second-order valence-electron chi connectivity index (χ2n) is 3.99. The molecule has 7 heteroatoms. The van der Waals surface area contributed by atoms with Gasteiger partial charge in [0.05, 0.1) is 12.5 Å². The van der Waals surface area contributed by atoms with Gasteiger partial charge in [-0.25, -0.2) is 15.0 Å². The SMILES string of the molecule is CCNC(=O)c1cc(-c2ncc3nc[nH]c3n2)c[nH]1. The van der Waals surface area contributed by atoms with Gasteiger partial charge >= 0.3 is 0 Å². The molecule has 7 nitrogen and oxygen atoms in total. The van der Waals surface area contributed by atoms with Gasteiger partial charge in [0.1, 0.15) is 11.2 Å². The molecular formula is C12H12N6O. The summed E-state index contributed by atoms with van der Waals surface area (Å²) in [5.41, 5.74) is 2.64. The fourth-order valence-corrected chi connectivity index (χ4v) is 1.79. The molecule has 3 aromatic heterocycles.